The van der Waals surface area contributed by atoms with Crippen molar-refractivity contribution in [3.05, 3.63) is 34.9 Å². The van der Waals surface area contributed by atoms with Gasteiger partial charge in [-0.15, -0.1) is 10.2 Å². The van der Waals surface area contributed by atoms with Crippen molar-refractivity contribution in [2.24, 2.45) is 0 Å². The zero-order valence-corrected chi connectivity index (χ0v) is 14.8. The fourth-order valence-corrected chi connectivity index (χ4v) is 3.45. The summed E-state index contributed by atoms with van der Waals surface area (Å²) in [4.78, 5) is 23.6. The third kappa shape index (κ3) is 5.08. The molecule has 24 heavy (non-hydrogen) atoms. The lowest BCUT2D eigenvalue weighted by atomic mass is 10.2. The summed E-state index contributed by atoms with van der Waals surface area (Å²) in [6, 6.07) is 6.89. The van der Waals surface area contributed by atoms with Crippen molar-refractivity contribution in [2.45, 2.75) is 23.2 Å². The Kier molecular flexibility index (Phi) is 5.54. The van der Waals surface area contributed by atoms with Gasteiger partial charge in [0.2, 0.25) is 11.0 Å². The molecule has 0 atom stereocenters. The van der Waals surface area contributed by atoms with Crippen LogP contribution < -0.4 is 16.2 Å². The smallest absolute Gasteiger partial charge is 0.269 e. The molecule has 1 aromatic carbocycles. The molecule has 0 radical (unpaired) electrons. The van der Waals surface area contributed by atoms with Gasteiger partial charge in [-0.1, -0.05) is 34.7 Å². The standard InChI is InChI=1S/C14H14ClN5O2S2/c15-9-3-1-8(2-4-9)12(22)18-17-11(21)7-23-14-20-19-13(24-14)16-10-5-6-10/h1-4,10H,5-7H2,(H,16,19)(H,17,21)(H,18,22). The Morgan fingerprint density at radius 3 is 2.67 bits per heavy atom. The average Bonchev–Trinajstić information content (AvgIpc) is 3.28. The van der Waals surface area contributed by atoms with Crippen LogP contribution in [0.4, 0.5) is 5.13 Å². The summed E-state index contributed by atoms with van der Waals surface area (Å²) in [5.41, 5.74) is 5.13. The molecule has 0 saturated heterocycles. The molecule has 2 aromatic rings. The van der Waals surface area contributed by atoms with E-state index in [1.54, 1.807) is 24.3 Å². The summed E-state index contributed by atoms with van der Waals surface area (Å²) in [5.74, 6) is -0.593. The lowest BCUT2D eigenvalue weighted by molar-refractivity contribution is -0.119. The van der Waals surface area contributed by atoms with Gasteiger partial charge in [-0.25, -0.2) is 0 Å². The van der Waals surface area contributed by atoms with Gasteiger partial charge in [-0.2, -0.15) is 0 Å². The average molecular weight is 384 g/mol. The molecule has 1 aliphatic rings. The molecule has 1 aromatic heterocycles. The predicted octanol–water partition coefficient (Wildman–Crippen LogP) is 2.32. The summed E-state index contributed by atoms with van der Waals surface area (Å²) < 4.78 is 0.706. The van der Waals surface area contributed by atoms with E-state index in [1.165, 1.54) is 23.1 Å². The molecule has 0 spiro atoms. The van der Waals surface area contributed by atoms with E-state index in [0.29, 0.717) is 21.0 Å². The highest BCUT2D eigenvalue weighted by atomic mass is 35.5. The van der Waals surface area contributed by atoms with Crippen LogP contribution in [0.3, 0.4) is 0 Å². The van der Waals surface area contributed by atoms with E-state index in [-0.39, 0.29) is 11.7 Å². The molecule has 1 aliphatic carbocycles. The van der Waals surface area contributed by atoms with Crippen molar-refractivity contribution in [3.63, 3.8) is 0 Å². The summed E-state index contributed by atoms with van der Waals surface area (Å²) in [6.45, 7) is 0. The molecule has 1 fully saturated rings. The van der Waals surface area contributed by atoms with Crippen LogP contribution in [0.5, 0.6) is 0 Å². The predicted molar refractivity (Wildman–Crippen MR) is 94.3 cm³/mol. The third-order valence-electron chi connectivity index (χ3n) is 3.06. The number of carbonyl (C=O) groups is 2. The van der Waals surface area contributed by atoms with Gasteiger partial charge in [0.15, 0.2) is 4.34 Å². The Morgan fingerprint density at radius 2 is 1.96 bits per heavy atom. The van der Waals surface area contributed by atoms with E-state index >= 15 is 0 Å². The minimum absolute atomic E-state index is 0.138. The molecule has 0 aliphatic heterocycles. The van der Waals surface area contributed by atoms with E-state index in [0.717, 1.165) is 18.0 Å². The molecule has 7 nitrogen and oxygen atoms in total. The summed E-state index contributed by atoms with van der Waals surface area (Å²) in [6.07, 6.45) is 2.33. The first kappa shape index (κ1) is 17.0. The molecule has 3 N–H and O–H groups in total. The van der Waals surface area contributed by atoms with E-state index < -0.39 is 5.91 Å². The molecule has 2 amide bonds. The second kappa shape index (κ2) is 7.82. The SMILES string of the molecule is O=C(CSc1nnc(NC2CC2)s1)NNC(=O)c1ccc(Cl)cc1. The molecule has 0 bridgehead atoms. The van der Waals surface area contributed by atoms with Gasteiger partial charge in [0.25, 0.3) is 5.91 Å². The van der Waals surface area contributed by atoms with Crippen molar-refractivity contribution in [1.82, 2.24) is 21.0 Å². The number of amides is 2. The number of aromatic nitrogens is 2. The highest BCUT2D eigenvalue weighted by Gasteiger charge is 2.22. The lowest BCUT2D eigenvalue weighted by Gasteiger charge is -2.06. The first-order valence-electron chi connectivity index (χ1n) is 7.18. The van der Waals surface area contributed by atoms with Crippen molar-refractivity contribution in [1.29, 1.82) is 0 Å². The Labute approximate surface area is 151 Å². The van der Waals surface area contributed by atoms with E-state index in [9.17, 15) is 9.59 Å². The highest BCUT2D eigenvalue weighted by Crippen LogP contribution is 2.29. The van der Waals surface area contributed by atoms with E-state index in [2.05, 4.69) is 26.4 Å². The first-order chi connectivity index (χ1) is 11.6. The van der Waals surface area contributed by atoms with Gasteiger partial charge < -0.3 is 5.32 Å². The highest BCUT2D eigenvalue weighted by molar-refractivity contribution is 8.01. The number of thioether (sulfide) groups is 1. The Balaban J connectivity index is 1.39. The minimum atomic E-state index is -0.406. The molecule has 3 rings (SSSR count). The molecule has 10 heteroatoms. The summed E-state index contributed by atoms with van der Waals surface area (Å²) in [7, 11) is 0. The van der Waals surface area contributed by atoms with Crippen molar-refractivity contribution in [2.75, 3.05) is 11.1 Å². The van der Waals surface area contributed by atoms with E-state index in [4.69, 9.17) is 11.6 Å². The molecule has 1 saturated carbocycles. The number of hydrogen-bond acceptors (Lipinski definition) is 7. The van der Waals surface area contributed by atoms with Gasteiger partial charge in [-0.3, -0.25) is 20.4 Å². The maximum Gasteiger partial charge on any atom is 0.269 e. The van der Waals surface area contributed by atoms with Gasteiger partial charge in [-0.05, 0) is 37.1 Å². The van der Waals surface area contributed by atoms with Crippen LogP contribution in [0.1, 0.15) is 23.2 Å². The quantitative estimate of drug-likeness (QED) is 0.523. The molecule has 1 heterocycles. The number of carbonyl (C=O) groups excluding carboxylic acids is 2. The topological polar surface area (TPSA) is 96.0 Å². The van der Waals surface area contributed by atoms with Crippen LogP contribution in [0.2, 0.25) is 5.02 Å². The van der Waals surface area contributed by atoms with Crippen LogP contribution in [0, 0.1) is 0 Å². The Morgan fingerprint density at radius 1 is 1.21 bits per heavy atom. The fourth-order valence-electron chi connectivity index (χ4n) is 1.69. The molecule has 0 unspecified atom stereocenters. The van der Waals surface area contributed by atoms with Gasteiger partial charge in [0.1, 0.15) is 0 Å². The second-order valence-corrected chi connectivity index (χ2v) is 7.73. The summed E-state index contributed by atoms with van der Waals surface area (Å²) >= 11 is 8.44. The second-order valence-electron chi connectivity index (χ2n) is 5.09. The maximum atomic E-state index is 11.8. The number of benzene rings is 1. The maximum absolute atomic E-state index is 11.8. The van der Waals surface area contributed by atoms with Crippen LogP contribution in [-0.4, -0.2) is 33.8 Å². The monoisotopic (exact) mass is 383 g/mol. The number of nitrogens with zero attached hydrogens (tertiary/aromatic N) is 2. The molecular weight excluding hydrogens is 370 g/mol. The van der Waals surface area contributed by atoms with Crippen LogP contribution in [-0.2, 0) is 4.79 Å². The van der Waals surface area contributed by atoms with Crippen molar-refractivity contribution >= 4 is 51.6 Å². The zero-order valence-electron chi connectivity index (χ0n) is 12.4. The van der Waals surface area contributed by atoms with Crippen molar-refractivity contribution < 1.29 is 9.59 Å². The molecular formula is C14H14ClN5O2S2. The largest absolute Gasteiger partial charge is 0.357 e. The normalized spacial score (nSPS) is 13.4. The van der Waals surface area contributed by atoms with Gasteiger partial charge >= 0.3 is 0 Å². The number of hydrogen-bond donors (Lipinski definition) is 3. The number of rotatable bonds is 6. The van der Waals surface area contributed by atoms with Crippen LogP contribution >= 0.6 is 34.7 Å². The lowest BCUT2D eigenvalue weighted by Crippen LogP contribution is -2.42. The third-order valence-corrected chi connectivity index (χ3v) is 5.30. The fraction of sp³-hybridized carbons (Fsp3) is 0.286. The number of halogens is 1. The van der Waals surface area contributed by atoms with E-state index in [1.807, 2.05) is 0 Å². The Hall–Kier alpha value is -1.84. The zero-order chi connectivity index (χ0) is 16.9. The van der Waals surface area contributed by atoms with Crippen LogP contribution in [0.25, 0.3) is 0 Å². The van der Waals surface area contributed by atoms with Gasteiger partial charge in [0.05, 0.1) is 5.75 Å². The van der Waals surface area contributed by atoms with Crippen molar-refractivity contribution in [3.8, 4) is 0 Å². The number of nitrogens with one attached hydrogen (secondary N) is 3. The number of anilines is 1. The van der Waals surface area contributed by atoms with Gasteiger partial charge in [0, 0.05) is 16.6 Å². The first-order valence-corrected chi connectivity index (χ1v) is 9.36. The summed E-state index contributed by atoms with van der Waals surface area (Å²) in [5, 5.41) is 12.6. The number of hydrazine groups is 1. The van der Waals surface area contributed by atoms with Crippen LogP contribution in [0.15, 0.2) is 28.6 Å². The minimum Gasteiger partial charge on any atom is -0.357 e. The molecule has 126 valence electrons. The Bertz CT molecular complexity index is 733.